The van der Waals surface area contributed by atoms with E-state index in [0.29, 0.717) is 16.9 Å². The molecule has 2 aromatic rings. The fraction of sp³-hybridized carbons (Fsp3) is 0.200. The highest BCUT2D eigenvalue weighted by molar-refractivity contribution is 5.77. The summed E-state index contributed by atoms with van der Waals surface area (Å²) in [6.07, 6.45) is 0. The summed E-state index contributed by atoms with van der Waals surface area (Å²) in [5, 5.41) is 9.85. The van der Waals surface area contributed by atoms with Crippen LogP contribution in [0.25, 0.3) is 11.1 Å². The lowest BCUT2D eigenvalue weighted by molar-refractivity contribution is 0.412. The summed E-state index contributed by atoms with van der Waals surface area (Å²) >= 11 is 0. The maximum atomic E-state index is 13.3. The van der Waals surface area contributed by atoms with Crippen LogP contribution in [-0.4, -0.2) is 12.2 Å². The highest BCUT2D eigenvalue weighted by atomic mass is 19.1. The van der Waals surface area contributed by atoms with E-state index in [1.54, 1.807) is 7.11 Å². The Labute approximate surface area is 106 Å². The van der Waals surface area contributed by atoms with E-state index in [1.807, 2.05) is 26.0 Å². The van der Waals surface area contributed by atoms with Crippen molar-refractivity contribution in [3.63, 3.8) is 0 Å². The van der Waals surface area contributed by atoms with Gasteiger partial charge >= 0.3 is 0 Å². The second kappa shape index (κ2) is 4.69. The minimum absolute atomic E-state index is 0.0398. The average molecular weight is 246 g/mol. The Kier molecular flexibility index (Phi) is 3.24. The molecule has 0 saturated carbocycles. The Balaban J connectivity index is 2.71. The van der Waals surface area contributed by atoms with Gasteiger partial charge in [-0.2, -0.15) is 0 Å². The standard InChI is InChI=1S/C15H15FO2/c1-9-4-6-12(15(18-3)10(9)2)13-8-11(16)5-7-14(13)17/h4-8,17H,1-3H3. The molecule has 0 aromatic heterocycles. The fourth-order valence-electron chi connectivity index (χ4n) is 1.99. The van der Waals surface area contributed by atoms with E-state index < -0.39 is 0 Å². The van der Waals surface area contributed by atoms with Gasteiger partial charge in [0.05, 0.1) is 7.11 Å². The van der Waals surface area contributed by atoms with Gasteiger partial charge in [-0.1, -0.05) is 12.1 Å². The Hall–Kier alpha value is -2.03. The van der Waals surface area contributed by atoms with Crippen molar-refractivity contribution in [3.05, 3.63) is 47.3 Å². The molecule has 0 heterocycles. The molecule has 0 aliphatic heterocycles. The largest absolute Gasteiger partial charge is 0.507 e. The molecular weight excluding hydrogens is 231 g/mol. The molecule has 2 aromatic carbocycles. The maximum Gasteiger partial charge on any atom is 0.129 e. The summed E-state index contributed by atoms with van der Waals surface area (Å²) in [5.41, 5.74) is 3.21. The first kappa shape index (κ1) is 12.4. The number of rotatable bonds is 2. The summed E-state index contributed by atoms with van der Waals surface area (Å²) in [5.74, 6) is 0.317. The summed E-state index contributed by atoms with van der Waals surface area (Å²) in [6.45, 7) is 3.92. The van der Waals surface area contributed by atoms with E-state index >= 15 is 0 Å². The molecule has 0 saturated heterocycles. The number of phenols is 1. The van der Waals surface area contributed by atoms with Crippen LogP contribution in [0.2, 0.25) is 0 Å². The van der Waals surface area contributed by atoms with Gasteiger partial charge in [0.15, 0.2) is 0 Å². The van der Waals surface area contributed by atoms with Crippen molar-refractivity contribution in [1.29, 1.82) is 0 Å². The normalized spacial score (nSPS) is 10.4. The second-order valence-electron chi connectivity index (χ2n) is 4.25. The molecule has 94 valence electrons. The van der Waals surface area contributed by atoms with Gasteiger partial charge < -0.3 is 9.84 Å². The first-order chi connectivity index (χ1) is 8.54. The predicted octanol–water partition coefficient (Wildman–Crippen LogP) is 3.82. The zero-order valence-corrected chi connectivity index (χ0v) is 10.6. The van der Waals surface area contributed by atoms with E-state index in [-0.39, 0.29) is 11.6 Å². The van der Waals surface area contributed by atoms with Crippen molar-refractivity contribution in [2.75, 3.05) is 7.11 Å². The van der Waals surface area contributed by atoms with Crippen LogP contribution in [0.3, 0.4) is 0 Å². The van der Waals surface area contributed by atoms with Crippen molar-refractivity contribution in [3.8, 4) is 22.6 Å². The number of methoxy groups -OCH3 is 1. The molecule has 0 aliphatic carbocycles. The van der Waals surface area contributed by atoms with E-state index in [2.05, 4.69) is 0 Å². The van der Waals surface area contributed by atoms with Crippen LogP contribution in [0, 0.1) is 19.7 Å². The Bertz CT molecular complexity index is 591. The zero-order chi connectivity index (χ0) is 13.3. The number of benzene rings is 2. The molecule has 18 heavy (non-hydrogen) atoms. The topological polar surface area (TPSA) is 29.5 Å². The van der Waals surface area contributed by atoms with Crippen LogP contribution in [0.1, 0.15) is 11.1 Å². The summed E-state index contributed by atoms with van der Waals surface area (Å²) in [7, 11) is 1.57. The summed E-state index contributed by atoms with van der Waals surface area (Å²) < 4.78 is 18.7. The first-order valence-corrected chi connectivity index (χ1v) is 5.67. The average Bonchev–Trinajstić information content (AvgIpc) is 2.35. The third-order valence-corrected chi connectivity index (χ3v) is 3.13. The van der Waals surface area contributed by atoms with Gasteiger partial charge in [-0.15, -0.1) is 0 Å². The maximum absolute atomic E-state index is 13.3. The van der Waals surface area contributed by atoms with Crippen molar-refractivity contribution in [2.45, 2.75) is 13.8 Å². The second-order valence-corrected chi connectivity index (χ2v) is 4.25. The van der Waals surface area contributed by atoms with Crippen molar-refractivity contribution in [2.24, 2.45) is 0 Å². The van der Waals surface area contributed by atoms with Crippen molar-refractivity contribution < 1.29 is 14.2 Å². The van der Waals surface area contributed by atoms with E-state index in [1.165, 1.54) is 18.2 Å². The van der Waals surface area contributed by atoms with Crippen LogP contribution in [-0.2, 0) is 0 Å². The van der Waals surface area contributed by atoms with Crippen LogP contribution in [0.5, 0.6) is 11.5 Å². The Morgan fingerprint density at radius 1 is 1.06 bits per heavy atom. The lowest BCUT2D eigenvalue weighted by Gasteiger charge is -2.14. The molecule has 0 bridgehead atoms. The fourth-order valence-corrected chi connectivity index (χ4v) is 1.99. The highest BCUT2D eigenvalue weighted by Crippen LogP contribution is 2.38. The highest BCUT2D eigenvalue weighted by Gasteiger charge is 2.14. The van der Waals surface area contributed by atoms with Gasteiger partial charge in [0, 0.05) is 11.1 Å². The molecule has 0 aliphatic rings. The van der Waals surface area contributed by atoms with Crippen LogP contribution in [0.15, 0.2) is 30.3 Å². The van der Waals surface area contributed by atoms with Gasteiger partial charge in [-0.3, -0.25) is 0 Å². The van der Waals surface area contributed by atoms with Crippen LogP contribution in [0.4, 0.5) is 4.39 Å². The number of ether oxygens (including phenoxy) is 1. The van der Waals surface area contributed by atoms with E-state index in [9.17, 15) is 9.50 Å². The number of hydrogen-bond acceptors (Lipinski definition) is 2. The Morgan fingerprint density at radius 3 is 2.44 bits per heavy atom. The third-order valence-electron chi connectivity index (χ3n) is 3.13. The Morgan fingerprint density at radius 2 is 1.78 bits per heavy atom. The molecule has 0 radical (unpaired) electrons. The number of hydrogen-bond donors (Lipinski definition) is 1. The molecule has 0 spiro atoms. The molecule has 1 N–H and O–H groups in total. The molecular formula is C15H15FO2. The van der Waals surface area contributed by atoms with Crippen LogP contribution >= 0.6 is 0 Å². The monoisotopic (exact) mass is 246 g/mol. The van der Waals surface area contributed by atoms with Gasteiger partial charge in [0.2, 0.25) is 0 Å². The summed E-state index contributed by atoms with van der Waals surface area (Å²) in [6, 6.07) is 7.64. The predicted molar refractivity (Wildman–Crippen MR) is 69.5 cm³/mol. The smallest absolute Gasteiger partial charge is 0.129 e. The number of aryl methyl sites for hydroxylation is 1. The van der Waals surface area contributed by atoms with Gasteiger partial charge in [0.25, 0.3) is 0 Å². The minimum Gasteiger partial charge on any atom is -0.507 e. The molecule has 0 amide bonds. The summed E-state index contributed by atoms with van der Waals surface area (Å²) in [4.78, 5) is 0. The molecule has 2 nitrogen and oxygen atoms in total. The molecule has 0 unspecified atom stereocenters. The first-order valence-electron chi connectivity index (χ1n) is 5.67. The molecule has 3 heteroatoms. The number of aromatic hydroxyl groups is 1. The minimum atomic E-state index is -0.386. The van der Waals surface area contributed by atoms with Crippen LogP contribution < -0.4 is 4.74 Å². The lowest BCUT2D eigenvalue weighted by Crippen LogP contribution is -1.94. The zero-order valence-electron chi connectivity index (χ0n) is 10.6. The van der Waals surface area contributed by atoms with Gasteiger partial charge in [-0.25, -0.2) is 4.39 Å². The SMILES string of the molecule is COc1c(-c2cc(F)ccc2O)ccc(C)c1C. The van der Waals surface area contributed by atoms with E-state index in [0.717, 1.165) is 11.1 Å². The van der Waals surface area contributed by atoms with E-state index in [4.69, 9.17) is 4.74 Å². The van der Waals surface area contributed by atoms with Gasteiger partial charge in [0.1, 0.15) is 17.3 Å². The molecule has 2 rings (SSSR count). The van der Waals surface area contributed by atoms with Crippen molar-refractivity contribution >= 4 is 0 Å². The lowest BCUT2D eigenvalue weighted by atomic mass is 9.98. The third kappa shape index (κ3) is 2.04. The number of phenolic OH excluding ortho intramolecular Hbond substituents is 1. The quantitative estimate of drug-likeness (QED) is 0.872. The molecule has 0 fully saturated rings. The van der Waals surface area contributed by atoms with Crippen molar-refractivity contribution in [1.82, 2.24) is 0 Å². The van der Waals surface area contributed by atoms with Gasteiger partial charge in [-0.05, 0) is 43.2 Å². The molecule has 0 atom stereocenters. The number of halogens is 1.